The molecule has 0 heterocycles. The third-order valence-electron chi connectivity index (χ3n) is 4.03. The van der Waals surface area contributed by atoms with Crippen LogP contribution in [0, 0.1) is 11.8 Å². The van der Waals surface area contributed by atoms with Gasteiger partial charge in [-0.3, -0.25) is 0 Å². The SMILES string of the molecule is CC(C)C1CCC(Nc2c(Cl)cccc2Cl)CC1. The molecule has 0 unspecified atom stereocenters. The first-order valence-electron chi connectivity index (χ1n) is 6.78. The van der Waals surface area contributed by atoms with Crippen LogP contribution < -0.4 is 5.32 Å². The van der Waals surface area contributed by atoms with E-state index in [-0.39, 0.29) is 0 Å². The molecule has 0 aromatic heterocycles. The van der Waals surface area contributed by atoms with Gasteiger partial charge in [0, 0.05) is 6.04 Å². The molecule has 0 radical (unpaired) electrons. The standard InChI is InChI=1S/C15H21Cl2N/c1-10(2)11-6-8-12(9-7-11)18-15-13(16)4-3-5-14(15)17/h3-5,10-12,18H,6-9H2,1-2H3. The molecule has 1 aromatic rings. The minimum Gasteiger partial charge on any atom is -0.380 e. The molecule has 1 saturated carbocycles. The van der Waals surface area contributed by atoms with Crippen molar-refractivity contribution in [2.75, 3.05) is 5.32 Å². The minimum absolute atomic E-state index is 0.511. The summed E-state index contributed by atoms with van der Waals surface area (Å²) in [5.41, 5.74) is 0.897. The zero-order valence-electron chi connectivity index (χ0n) is 11.0. The first-order chi connectivity index (χ1) is 8.58. The summed E-state index contributed by atoms with van der Waals surface area (Å²) >= 11 is 12.4. The largest absolute Gasteiger partial charge is 0.380 e. The lowest BCUT2D eigenvalue weighted by molar-refractivity contribution is 0.267. The van der Waals surface area contributed by atoms with E-state index in [9.17, 15) is 0 Å². The maximum atomic E-state index is 6.18. The molecule has 1 aromatic carbocycles. The van der Waals surface area contributed by atoms with Crippen LogP contribution in [0.25, 0.3) is 0 Å². The van der Waals surface area contributed by atoms with Crippen LogP contribution in [-0.2, 0) is 0 Å². The van der Waals surface area contributed by atoms with Crippen LogP contribution in [0.3, 0.4) is 0 Å². The molecule has 1 nitrogen and oxygen atoms in total. The second-order valence-electron chi connectivity index (χ2n) is 5.60. The van der Waals surface area contributed by atoms with Crippen molar-refractivity contribution >= 4 is 28.9 Å². The molecule has 3 heteroatoms. The van der Waals surface area contributed by atoms with Crippen LogP contribution in [0.4, 0.5) is 5.69 Å². The Balaban J connectivity index is 1.96. The molecule has 0 aliphatic heterocycles. The normalized spacial score (nSPS) is 24.3. The van der Waals surface area contributed by atoms with Crippen molar-refractivity contribution in [2.24, 2.45) is 11.8 Å². The van der Waals surface area contributed by atoms with Crippen LogP contribution in [0.2, 0.25) is 10.0 Å². The lowest BCUT2D eigenvalue weighted by Crippen LogP contribution is -2.28. The van der Waals surface area contributed by atoms with Gasteiger partial charge in [0.2, 0.25) is 0 Å². The fourth-order valence-corrected chi connectivity index (χ4v) is 3.28. The molecule has 0 saturated heterocycles. The fraction of sp³-hybridized carbons (Fsp3) is 0.600. The summed E-state index contributed by atoms with van der Waals surface area (Å²) in [5, 5.41) is 4.95. The average molecular weight is 286 g/mol. The molecule has 1 N–H and O–H groups in total. The van der Waals surface area contributed by atoms with Gasteiger partial charge in [-0.1, -0.05) is 43.1 Å². The molecule has 2 rings (SSSR count). The van der Waals surface area contributed by atoms with E-state index < -0.39 is 0 Å². The minimum atomic E-state index is 0.511. The van der Waals surface area contributed by atoms with Gasteiger partial charge in [0.05, 0.1) is 15.7 Å². The highest BCUT2D eigenvalue weighted by atomic mass is 35.5. The number of nitrogens with one attached hydrogen (secondary N) is 1. The van der Waals surface area contributed by atoms with E-state index in [2.05, 4.69) is 19.2 Å². The number of halogens is 2. The zero-order chi connectivity index (χ0) is 13.1. The van der Waals surface area contributed by atoms with Crippen LogP contribution in [0.15, 0.2) is 18.2 Å². The van der Waals surface area contributed by atoms with E-state index in [1.165, 1.54) is 25.7 Å². The highest BCUT2D eigenvalue weighted by Gasteiger charge is 2.23. The third kappa shape index (κ3) is 3.33. The Kier molecular flexibility index (Phi) is 4.80. The van der Waals surface area contributed by atoms with Gasteiger partial charge in [0.1, 0.15) is 0 Å². The van der Waals surface area contributed by atoms with Gasteiger partial charge in [0.15, 0.2) is 0 Å². The highest BCUT2D eigenvalue weighted by Crippen LogP contribution is 2.35. The van der Waals surface area contributed by atoms with Crippen molar-refractivity contribution in [1.82, 2.24) is 0 Å². The summed E-state index contributed by atoms with van der Waals surface area (Å²) in [4.78, 5) is 0. The predicted octanol–water partition coefficient (Wildman–Crippen LogP) is 5.62. The van der Waals surface area contributed by atoms with Gasteiger partial charge >= 0.3 is 0 Å². The first kappa shape index (κ1) is 14.0. The van der Waals surface area contributed by atoms with Crippen molar-refractivity contribution in [3.63, 3.8) is 0 Å². The number of para-hydroxylation sites is 1. The van der Waals surface area contributed by atoms with E-state index >= 15 is 0 Å². The van der Waals surface area contributed by atoms with Crippen LogP contribution >= 0.6 is 23.2 Å². The van der Waals surface area contributed by atoms with Crippen molar-refractivity contribution < 1.29 is 0 Å². The van der Waals surface area contributed by atoms with E-state index in [4.69, 9.17) is 23.2 Å². The average Bonchev–Trinajstić information content (AvgIpc) is 2.34. The van der Waals surface area contributed by atoms with Crippen molar-refractivity contribution in [3.05, 3.63) is 28.2 Å². The summed E-state index contributed by atoms with van der Waals surface area (Å²) < 4.78 is 0. The van der Waals surface area contributed by atoms with E-state index in [1.807, 2.05) is 18.2 Å². The number of benzene rings is 1. The van der Waals surface area contributed by atoms with Crippen molar-refractivity contribution in [1.29, 1.82) is 0 Å². The topological polar surface area (TPSA) is 12.0 Å². The molecule has 1 fully saturated rings. The maximum absolute atomic E-state index is 6.18. The molecular weight excluding hydrogens is 265 g/mol. The van der Waals surface area contributed by atoms with Gasteiger partial charge in [-0.2, -0.15) is 0 Å². The number of anilines is 1. The summed E-state index contributed by atoms with van der Waals surface area (Å²) in [6.45, 7) is 4.65. The molecule has 0 atom stereocenters. The van der Waals surface area contributed by atoms with Gasteiger partial charge in [-0.15, -0.1) is 0 Å². The quantitative estimate of drug-likeness (QED) is 0.760. The molecule has 1 aliphatic carbocycles. The summed E-state index contributed by atoms with van der Waals surface area (Å²) in [5.74, 6) is 1.68. The first-order valence-corrected chi connectivity index (χ1v) is 7.54. The lowest BCUT2D eigenvalue weighted by atomic mass is 9.79. The van der Waals surface area contributed by atoms with Gasteiger partial charge in [-0.25, -0.2) is 0 Å². The molecule has 0 amide bonds. The maximum Gasteiger partial charge on any atom is 0.0721 e. The molecule has 0 spiro atoms. The molecule has 18 heavy (non-hydrogen) atoms. The van der Waals surface area contributed by atoms with Crippen LogP contribution in [-0.4, -0.2) is 6.04 Å². The molecule has 0 bridgehead atoms. The van der Waals surface area contributed by atoms with Gasteiger partial charge in [-0.05, 0) is 49.7 Å². The summed E-state index contributed by atoms with van der Waals surface area (Å²) in [7, 11) is 0. The lowest BCUT2D eigenvalue weighted by Gasteiger charge is -2.32. The van der Waals surface area contributed by atoms with Gasteiger partial charge in [0.25, 0.3) is 0 Å². The fourth-order valence-electron chi connectivity index (χ4n) is 2.77. The Morgan fingerprint density at radius 3 is 2.11 bits per heavy atom. The Bertz CT molecular complexity index is 375. The Labute approximate surface area is 120 Å². The molecular formula is C15H21Cl2N. The number of hydrogen-bond acceptors (Lipinski definition) is 1. The molecule has 100 valence electrons. The number of rotatable bonds is 3. The highest BCUT2D eigenvalue weighted by molar-refractivity contribution is 6.39. The zero-order valence-corrected chi connectivity index (χ0v) is 12.6. The second kappa shape index (κ2) is 6.16. The summed E-state index contributed by atoms with van der Waals surface area (Å²) in [6.07, 6.45) is 5.03. The third-order valence-corrected chi connectivity index (χ3v) is 4.66. The Morgan fingerprint density at radius 1 is 1.06 bits per heavy atom. The van der Waals surface area contributed by atoms with E-state index in [0.717, 1.165) is 17.5 Å². The van der Waals surface area contributed by atoms with Crippen molar-refractivity contribution in [3.8, 4) is 0 Å². The Hall–Kier alpha value is -0.400. The molecule has 1 aliphatic rings. The second-order valence-corrected chi connectivity index (χ2v) is 6.41. The van der Waals surface area contributed by atoms with Gasteiger partial charge < -0.3 is 5.32 Å². The van der Waals surface area contributed by atoms with Crippen molar-refractivity contribution in [2.45, 2.75) is 45.6 Å². The number of hydrogen-bond donors (Lipinski definition) is 1. The monoisotopic (exact) mass is 285 g/mol. The van der Waals surface area contributed by atoms with E-state index in [1.54, 1.807) is 0 Å². The summed E-state index contributed by atoms with van der Waals surface area (Å²) in [6, 6.07) is 6.16. The smallest absolute Gasteiger partial charge is 0.0721 e. The predicted molar refractivity (Wildman–Crippen MR) is 80.7 cm³/mol. The Morgan fingerprint density at radius 2 is 1.61 bits per heavy atom. The van der Waals surface area contributed by atoms with Crippen LogP contribution in [0.1, 0.15) is 39.5 Å². The van der Waals surface area contributed by atoms with E-state index in [0.29, 0.717) is 16.1 Å². The van der Waals surface area contributed by atoms with Crippen LogP contribution in [0.5, 0.6) is 0 Å².